The molecular weight excluding hydrogens is 258 g/mol. The number of carboxylic acid groups (broad SMARTS) is 1. The predicted octanol–water partition coefficient (Wildman–Crippen LogP) is 1.44. The van der Waals surface area contributed by atoms with Crippen LogP contribution < -0.4 is 16.4 Å². The Hall–Kier alpha value is -2.24. The predicted molar refractivity (Wildman–Crippen MR) is 76.7 cm³/mol. The lowest BCUT2D eigenvalue weighted by atomic mass is 10.1. The lowest BCUT2D eigenvalue weighted by Crippen LogP contribution is -2.25. The summed E-state index contributed by atoms with van der Waals surface area (Å²) in [4.78, 5) is 22.3. The summed E-state index contributed by atoms with van der Waals surface area (Å²) in [6.45, 7) is 0.575. The zero-order valence-corrected chi connectivity index (χ0v) is 11.2. The SMILES string of the molecule is Nc1ccc(C(=O)O)cc1NCCCC(=O)NC1CC1. The van der Waals surface area contributed by atoms with E-state index in [1.165, 1.54) is 12.1 Å². The first kappa shape index (κ1) is 14.2. The molecule has 0 saturated heterocycles. The molecule has 0 bridgehead atoms. The number of nitrogen functional groups attached to an aromatic ring is 1. The van der Waals surface area contributed by atoms with Gasteiger partial charge in [0.15, 0.2) is 0 Å². The van der Waals surface area contributed by atoms with Crippen molar-refractivity contribution in [3.05, 3.63) is 23.8 Å². The van der Waals surface area contributed by atoms with Crippen molar-refractivity contribution in [2.24, 2.45) is 0 Å². The molecule has 1 aliphatic carbocycles. The molecule has 1 aromatic rings. The van der Waals surface area contributed by atoms with E-state index in [4.69, 9.17) is 10.8 Å². The second kappa shape index (κ2) is 6.27. The van der Waals surface area contributed by atoms with Crippen molar-refractivity contribution < 1.29 is 14.7 Å². The summed E-state index contributed by atoms with van der Waals surface area (Å²) in [6, 6.07) is 4.91. The van der Waals surface area contributed by atoms with Crippen molar-refractivity contribution in [2.45, 2.75) is 31.7 Å². The summed E-state index contributed by atoms with van der Waals surface area (Å²) < 4.78 is 0. The zero-order chi connectivity index (χ0) is 14.5. The number of hydrogen-bond donors (Lipinski definition) is 4. The van der Waals surface area contributed by atoms with E-state index in [1.807, 2.05) is 0 Å². The Balaban J connectivity index is 1.76. The molecule has 0 atom stereocenters. The number of aromatic carboxylic acids is 1. The van der Waals surface area contributed by atoms with Crippen molar-refractivity contribution >= 4 is 23.3 Å². The second-order valence-corrected chi connectivity index (χ2v) is 4.98. The molecule has 0 radical (unpaired) electrons. The molecule has 0 aliphatic heterocycles. The van der Waals surface area contributed by atoms with Crippen LogP contribution in [0.3, 0.4) is 0 Å². The molecule has 6 heteroatoms. The molecule has 2 rings (SSSR count). The standard InChI is InChI=1S/C14H19N3O3/c15-11-6-3-9(14(19)20)8-12(11)16-7-1-2-13(18)17-10-4-5-10/h3,6,8,10,16H,1-2,4-5,7,15H2,(H,17,18)(H,19,20). The molecule has 20 heavy (non-hydrogen) atoms. The van der Waals surface area contributed by atoms with Gasteiger partial charge in [-0.25, -0.2) is 4.79 Å². The molecule has 6 nitrogen and oxygen atoms in total. The maximum absolute atomic E-state index is 11.5. The molecule has 0 heterocycles. The van der Waals surface area contributed by atoms with Crippen LogP contribution in [0.4, 0.5) is 11.4 Å². The molecule has 1 saturated carbocycles. The number of anilines is 2. The fourth-order valence-electron chi connectivity index (χ4n) is 1.84. The Labute approximate surface area is 117 Å². The maximum atomic E-state index is 11.5. The van der Waals surface area contributed by atoms with Crippen molar-refractivity contribution in [3.8, 4) is 0 Å². The molecule has 0 aromatic heterocycles. The third-order valence-electron chi connectivity index (χ3n) is 3.14. The summed E-state index contributed by atoms with van der Waals surface area (Å²) in [5, 5.41) is 14.9. The Kier molecular flexibility index (Phi) is 4.45. The van der Waals surface area contributed by atoms with Crippen LogP contribution in [-0.4, -0.2) is 29.6 Å². The third kappa shape index (κ3) is 4.15. The first-order valence-electron chi connectivity index (χ1n) is 6.72. The van der Waals surface area contributed by atoms with Crippen LogP contribution >= 0.6 is 0 Å². The van der Waals surface area contributed by atoms with Crippen molar-refractivity contribution in [1.82, 2.24) is 5.32 Å². The van der Waals surface area contributed by atoms with E-state index in [9.17, 15) is 9.59 Å². The number of hydrogen-bond acceptors (Lipinski definition) is 4. The minimum Gasteiger partial charge on any atom is -0.478 e. The van der Waals surface area contributed by atoms with Gasteiger partial charge in [-0.3, -0.25) is 4.79 Å². The van der Waals surface area contributed by atoms with Gasteiger partial charge in [-0.2, -0.15) is 0 Å². The smallest absolute Gasteiger partial charge is 0.335 e. The summed E-state index contributed by atoms with van der Waals surface area (Å²) in [7, 11) is 0. The number of rotatable bonds is 7. The number of carbonyl (C=O) groups is 2. The number of carboxylic acids is 1. The Bertz CT molecular complexity index is 512. The molecule has 1 amide bonds. The number of amides is 1. The van der Waals surface area contributed by atoms with Gasteiger partial charge in [0.2, 0.25) is 5.91 Å². The van der Waals surface area contributed by atoms with Gasteiger partial charge >= 0.3 is 5.97 Å². The van der Waals surface area contributed by atoms with E-state index in [0.717, 1.165) is 12.8 Å². The van der Waals surface area contributed by atoms with E-state index in [-0.39, 0.29) is 11.5 Å². The number of carbonyl (C=O) groups excluding carboxylic acids is 1. The first-order chi connectivity index (χ1) is 9.56. The monoisotopic (exact) mass is 277 g/mol. The zero-order valence-electron chi connectivity index (χ0n) is 11.2. The van der Waals surface area contributed by atoms with Crippen LogP contribution in [0.25, 0.3) is 0 Å². The summed E-state index contributed by atoms with van der Waals surface area (Å²) >= 11 is 0. The highest BCUT2D eigenvalue weighted by molar-refractivity contribution is 5.90. The van der Waals surface area contributed by atoms with Gasteiger partial charge in [0.1, 0.15) is 0 Å². The fourth-order valence-corrected chi connectivity index (χ4v) is 1.84. The average Bonchev–Trinajstić information content (AvgIpc) is 3.20. The van der Waals surface area contributed by atoms with Crippen LogP contribution in [0.15, 0.2) is 18.2 Å². The Morgan fingerprint density at radius 2 is 2.10 bits per heavy atom. The molecule has 0 spiro atoms. The summed E-state index contributed by atoms with van der Waals surface area (Å²) in [6.07, 6.45) is 3.31. The van der Waals surface area contributed by atoms with Gasteiger partial charge in [0.05, 0.1) is 16.9 Å². The van der Waals surface area contributed by atoms with Crippen molar-refractivity contribution in [2.75, 3.05) is 17.6 Å². The highest BCUT2D eigenvalue weighted by atomic mass is 16.4. The van der Waals surface area contributed by atoms with Gasteiger partial charge in [0, 0.05) is 19.0 Å². The van der Waals surface area contributed by atoms with E-state index in [1.54, 1.807) is 6.07 Å². The quantitative estimate of drug-likeness (QED) is 0.446. The van der Waals surface area contributed by atoms with Gasteiger partial charge in [-0.1, -0.05) is 0 Å². The van der Waals surface area contributed by atoms with Crippen LogP contribution in [0.2, 0.25) is 0 Å². The lowest BCUT2D eigenvalue weighted by molar-refractivity contribution is -0.121. The van der Waals surface area contributed by atoms with Gasteiger partial charge in [-0.15, -0.1) is 0 Å². The van der Waals surface area contributed by atoms with Crippen LogP contribution in [-0.2, 0) is 4.79 Å². The molecular formula is C14H19N3O3. The molecule has 1 aromatic carbocycles. The van der Waals surface area contributed by atoms with Gasteiger partial charge < -0.3 is 21.5 Å². The van der Waals surface area contributed by atoms with Crippen LogP contribution in [0.1, 0.15) is 36.0 Å². The van der Waals surface area contributed by atoms with Gasteiger partial charge in [-0.05, 0) is 37.5 Å². The van der Waals surface area contributed by atoms with E-state index >= 15 is 0 Å². The third-order valence-corrected chi connectivity index (χ3v) is 3.14. The minimum atomic E-state index is -0.989. The molecule has 0 unspecified atom stereocenters. The van der Waals surface area contributed by atoms with E-state index in [0.29, 0.717) is 36.8 Å². The number of benzene rings is 1. The minimum absolute atomic E-state index is 0.0709. The molecule has 1 fully saturated rings. The van der Waals surface area contributed by atoms with Crippen LogP contribution in [0, 0.1) is 0 Å². The van der Waals surface area contributed by atoms with E-state index in [2.05, 4.69) is 10.6 Å². The van der Waals surface area contributed by atoms with Gasteiger partial charge in [0.25, 0.3) is 0 Å². The number of nitrogens with one attached hydrogen (secondary N) is 2. The topological polar surface area (TPSA) is 104 Å². The normalized spacial score (nSPS) is 13.8. The van der Waals surface area contributed by atoms with E-state index < -0.39 is 5.97 Å². The maximum Gasteiger partial charge on any atom is 0.335 e. The molecule has 5 N–H and O–H groups in total. The summed E-state index contributed by atoms with van der Waals surface area (Å²) in [5.41, 5.74) is 7.05. The Morgan fingerprint density at radius 1 is 1.35 bits per heavy atom. The first-order valence-corrected chi connectivity index (χ1v) is 6.72. The highest BCUT2D eigenvalue weighted by Crippen LogP contribution is 2.20. The fraction of sp³-hybridized carbons (Fsp3) is 0.429. The molecule has 1 aliphatic rings. The summed E-state index contributed by atoms with van der Waals surface area (Å²) in [5.74, 6) is -0.918. The highest BCUT2D eigenvalue weighted by Gasteiger charge is 2.22. The molecule has 108 valence electrons. The lowest BCUT2D eigenvalue weighted by Gasteiger charge is -2.10. The largest absolute Gasteiger partial charge is 0.478 e. The van der Waals surface area contributed by atoms with Crippen molar-refractivity contribution in [3.63, 3.8) is 0 Å². The number of nitrogens with two attached hydrogens (primary N) is 1. The second-order valence-electron chi connectivity index (χ2n) is 4.98. The van der Waals surface area contributed by atoms with Crippen molar-refractivity contribution in [1.29, 1.82) is 0 Å². The average molecular weight is 277 g/mol. The van der Waals surface area contributed by atoms with Crippen LogP contribution in [0.5, 0.6) is 0 Å². The Morgan fingerprint density at radius 3 is 2.75 bits per heavy atom.